The molecule has 0 unspecified atom stereocenters. The number of nitrogens with one attached hydrogen (secondary N) is 1. The predicted molar refractivity (Wildman–Crippen MR) is 133 cm³/mol. The number of benzene rings is 2. The van der Waals surface area contributed by atoms with Crippen LogP contribution >= 0.6 is 23.1 Å². The number of ether oxygens (including phenoxy) is 1. The summed E-state index contributed by atoms with van der Waals surface area (Å²) in [5.74, 6) is 1.69. The van der Waals surface area contributed by atoms with Crippen LogP contribution in [0, 0.1) is 0 Å². The summed E-state index contributed by atoms with van der Waals surface area (Å²) in [4.78, 5) is 21.6. The molecular formula is C24H28ClN5O2S. The molecule has 0 atom stereocenters. The standard InChI is InChI=1S/C24H28ClN5O2S/c1-32-21-8-4-19(5-9-21)17-23(31)26-10-11-29-12-14-30(15-13-29)24-27-22(28-33-24)16-18-2-6-20(25)7-3-18/h2-9H,10-17H2,1H3,(H,26,31). The number of nitrogens with zero attached hydrogens (tertiary/aromatic N) is 4. The Morgan fingerprint density at radius 1 is 1.06 bits per heavy atom. The first kappa shape index (κ1) is 23.5. The highest BCUT2D eigenvalue weighted by Crippen LogP contribution is 2.21. The van der Waals surface area contributed by atoms with Gasteiger partial charge in [0.05, 0.1) is 13.5 Å². The second kappa shape index (κ2) is 11.4. The van der Waals surface area contributed by atoms with Gasteiger partial charge in [0, 0.05) is 62.2 Å². The number of aromatic nitrogens is 2. The molecule has 0 radical (unpaired) electrons. The Bertz CT molecular complexity index is 1030. The first-order chi connectivity index (χ1) is 16.1. The van der Waals surface area contributed by atoms with E-state index < -0.39 is 0 Å². The van der Waals surface area contributed by atoms with Gasteiger partial charge < -0.3 is 15.0 Å². The maximum Gasteiger partial charge on any atom is 0.224 e. The first-order valence-electron chi connectivity index (χ1n) is 11.0. The van der Waals surface area contributed by atoms with Gasteiger partial charge in [-0.3, -0.25) is 9.69 Å². The van der Waals surface area contributed by atoms with E-state index in [1.54, 1.807) is 7.11 Å². The van der Waals surface area contributed by atoms with Crippen LogP contribution in [0.5, 0.6) is 5.75 Å². The third-order valence-corrected chi connectivity index (χ3v) is 6.72. The zero-order chi connectivity index (χ0) is 23.0. The number of hydrogen-bond acceptors (Lipinski definition) is 7. The summed E-state index contributed by atoms with van der Waals surface area (Å²) in [6.07, 6.45) is 1.09. The molecule has 1 aliphatic rings. The third-order valence-electron chi connectivity index (χ3n) is 5.65. The van der Waals surface area contributed by atoms with Crippen molar-refractivity contribution in [2.75, 3.05) is 51.3 Å². The van der Waals surface area contributed by atoms with Gasteiger partial charge in [-0.05, 0) is 35.4 Å². The summed E-state index contributed by atoms with van der Waals surface area (Å²) >= 11 is 7.42. The maximum absolute atomic E-state index is 12.2. The summed E-state index contributed by atoms with van der Waals surface area (Å²) < 4.78 is 9.68. The summed E-state index contributed by atoms with van der Waals surface area (Å²) in [5.41, 5.74) is 2.14. The van der Waals surface area contributed by atoms with Crippen molar-refractivity contribution in [3.63, 3.8) is 0 Å². The van der Waals surface area contributed by atoms with Crippen LogP contribution in [0.1, 0.15) is 17.0 Å². The van der Waals surface area contributed by atoms with Crippen molar-refractivity contribution in [1.29, 1.82) is 0 Å². The second-order valence-corrected chi connectivity index (χ2v) is 9.17. The fraction of sp³-hybridized carbons (Fsp3) is 0.375. The highest BCUT2D eigenvalue weighted by atomic mass is 35.5. The molecule has 9 heteroatoms. The van der Waals surface area contributed by atoms with Crippen LogP contribution in [-0.2, 0) is 17.6 Å². The van der Waals surface area contributed by atoms with Crippen molar-refractivity contribution in [3.8, 4) is 5.75 Å². The van der Waals surface area contributed by atoms with E-state index in [0.29, 0.717) is 19.4 Å². The monoisotopic (exact) mass is 485 g/mol. The summed E-state index contributed by atoms with van der Waals surface area (Å²) in [6.45, 7) is 5.21. The SMILES string of the molecule is COc1ccc(CC(=O)NCCN2CCN(c3nc(Cc4ccc(Cl)cc4)ns3)CC2)cc1. The van der Waals surface area contributed by atoms with Gasteiger partial charge in [-0.25, -0.2) is 4.98 Å². The number of piperazine rings is 1. The van der Waals surface area contributed by atoms with Gasteiger partial charge in [-0.2, -0.15) is 4.37 Å². The van der Waals surface area contributed by atoms with E-state index in [0.717, 1.165) is 65.6 Å². The Labute approximate surface area is 203 Å². The van der Waals surface area contributed by atoms with Crippen LogP contribution in [0.4, 0.5) is 5.13 Å². The Morgan fingerprint density at radius 2 is 1.76 bits per heavy atom. The molecule has 1 aliphatic heterocycles. The molecule has 1 saturated heterocycles. The van der Waals surface area contributed by atoms with Crippen molar-refractivity contribution in [1.82, 2.24) is 19.6 Å². The van der Waals surface area contributed by atoms with Gasteiger partial charge in [0.25, 0.3) is 0 Å². The summed E-state index contributed by atoms with van der Waals surface area (Å²) in [7, 11) is 1.63. The summed E-state index contributed by atoms with van der Waals surface area (Å²) in [5, 5.41) is 4.74. The number of methoxy groups -OCH3 is 1. The minimum Gasteiger partial charge on any atom is -0.497 e. The van der Waals surface area contributed by atoms with Gasteiger partial charge in [0.1, 0.15) is 11.6 Å². The number of carbonyl (C=O) groups is 1. The Hall–Kier alpha value is -2.68. The minimum absolute atomic E-state index is 0.0425. The minimum atomic E-state index is 0.0425. The quantitative estimate of drug-likeness (QED) is 0.501. The fourth-order valence-electron chi connectivity index (χ4n) is 3.74. The maximum atomic E-state index is 12.2. The van der Waals surface area contributed by atoms with E-state index in [4.69, 9.17) is 21.3 Å². The van der Waals surface area contributed by atoms with E-state index in [9.17, 15) is 4.79 Å². The molecule has 0 aliphatic carbocycles. The number of hydrogen-bond donors (Lipinski definition) is 1. The molecule has 33 heavy (non-hydrogen) atoms. The molecule has 7 nitrogen and oxygen atoms in total. The molecule has 0 spiro atoms. The largest absolute Gasteiger partial charge is 0.497 e. The average molecular weight is 486 g/mol. The van der Waals surface area contributed by atoms with Gasteiger partial charge in [0.15, 0.2) is 0 Å². The molecule has 1 fully saturated rings. The van der Waals surface area contributed by atoms with Crippen LogP contribution in [0.15, 0.2) is 48.5 Å². The van der Waals surface area contributed by atoms with Crippen LogP contribution in [0.2, 0.25) is 5.02 Å². The van der Waals surface area contributed by atoms with Crippen LogP contribution in [0.3, 0.4) is 0 Å². The Kier molecular flexibility index (Phi) is 8.15. The first-order valence-corrected chi connectivity index (χ1v) is 12.2. The van der Waals surface area contributed by atoms with Crippen molar-refractivity contribution in [2.45, 2.75) is 12.8 Å². The molecule has 174 valence electrons. The smallest absolute Gasteiger partial charge is 0.224 e. The lowest BCUT2D eigenvalue weighted by Gasteiger charge is -2.34. The Balaban J connectivity index is 1.16. The van der Waals surface area contributed by atoms with Gasteiger partial charge in [0.2, 0.25) is 11.0 Å². The molecule has 1 N–H and O–H groups in total. The molecule has 0 bridgehead atoms. The van der Waals surface area contributed by atoms with E-state index in [1.807, 2.05) is 48.5 Å². The van der Waals surface area contributed by atoms with E-state index in [1.165, 1.54) is 11.5 Å². The summed E-state index contributed by atoms with van der Waals surface area (Å²) in [6, 6.07) is 15.4. The van der Waals surface area contributed by atoms with Gasteiger partial charge >= 0.3 is 0 Å². The average Bonchev–Trinajstić information content (AvgIpc) is 3.30. The van der Waals surface area contributed by atoms with Gasteiger partial charge in [-0.1, -0.05) is 35.9 Å². The highest BCUT2D eigenvalue weighted by molar-refractivity contribution is 7.09. The van der Waals surface area contributed by atoms with Crippen molar-refractivity contribution in [3.05, 3.63) is 70.5 Å². The van der Waals surface area contributed by atoms with E-state index in [-0.39, 0.29) is 5.91 Å². The van der Waals surface area contributed by atoms with E-state index in [2.05, 4.69) is 19.5 Å². The molecule has 4 rings (SSSR count). The van der Waals surface area contributed by atoms with Crippen molar-refractivity contribution in [2.24, 2.45) is 0 Å². The van der Waals surface area contributed by atoms with Crippen molar-refractivity contribution < 1.29 is 9.53 Å². The molecular weight excluding hydrogens is 458 g/mol. The molecule has 3 aromatic rings. The molecule has 2 aromatic carbocycles. The second-order valence-electron chi connectivity index (χ2n) is 8.00. The molecule has 1 amide bonds. The van der Waals surface area contributed by atoms with E-state index >= 15 is 0 Å². The fourth-order valence-corrected chi connectivity index (χ4v) is 4.60. The van der Waals surface area contributed by atoms with Gasteiger partial charge in [-0.15, -0.1) is 0 Å². The topological polar surface area (TPSA) is 70.6 Å². The van der Waals surface area contributed by atoms with Crippen molar-refractivity contribution >= 4 is 34.2 Å². The third kappa shape index (κ3) is 6.90. The van der Waals surface area contributed by atoms with Crippen LogP contribution < -0.4 is 15.0 Å². The Morgan fingerprint density at radius 3 is 2.45 bits per heavy atom. The molecule has 1 aromatic heterocycles. The highest BCUT2D eigenvalue weighted by Gasteiger charge is 2.20. The number of carbonyl (C=O) groups excluding carboxylic acids is 1. The zero-order valence-corrected chi connectivity index (χ0v) is 20.2. The number of amides is 1. The lowest BCUT2D eigenvalue weighted by atomic mass is 10.1. The zero-order valence-electron chi connectivity index (χ0n) is 18.7. The normalized spacial score (nSPS) is 14.3. The molecule has 0 saturated carbocycles. The molecule has 2 heterocycles. The lowest BCUT2D eigenvalue weighted by molar-refractivity contribution is -0.120. The number of rotatable bonds is 9. The van der Waals surface area contributed by atoms with Crippen LogP contribution in [-0.4, -0.2) is 66.5 Å². The number of anilines is 1. The van der Waals surface area contributed by atoms with Crippen LogP contribution in [0.25, 0.3) is 0 Å². The lowest BCUT2D eigenvalue weighted by Crippen LogP contribution is -2.48. The predicted octanol–water partition coefficient (Wildman–Crippen LogP) is 3.27. The number of halogens is 1.